The van der Waals surface area contributed by atoms with Crippen LogP contribution in [0.5, 0.6) is 5.75 Å². The van der Waals surface area contributed by atoms with Gasteiger partial charge in [0.2, 0.25) is 0 Å². The molecule has 0 fully saturated rings. The van der Waals surface area contributed by atoms with Crippen LogP contribution < -0.4 is 4.74 Å². The summed E-state index contributed by atoms with van der Waals surface area (Å²) in [6.07, 6.45) is 2.63. The fourth-order valence-corrected chi connectivity index (χ4v) is 3.63. The molecule has 0 saturated carbocycles. The zero-order chi connectivity index (χ0) is 19.2. The number of carbonyl (C=O) groups is 1. The summed E-state index contributed by atoms with van der Waals surface area (Å²) in [6, 6.07) is 13.9. The van der Waals surface area contributed by atoms with E-state index in [-0.39, 0.29) is 11.7 Å². The van der Waals surface area contributed by atoms with Crippen LogP contribution in [-0.4, -0.2) is 29.6 Å². The molecule has 2 aromatic rings. The minimum atomic E-state index is -0.255. The van der Waals surface area contributed by atoms with Gasteiger partial charge in [0.15, 0.2) is 5.17 Å². The third-order valence-electron chi connectivity index (χ3n) is 4.06. The molecule has 0 saturated heterocycles. The van der Waals surface area contributed by atoms with Gasteiger partial charge in [-0.2, -0.15) is 0 Å². The summed E-state index contributed by atoms with van der Waals surface area (Å²) in [5.41, 5.74) is 2.31. The summed E-state index contributed by atoms with van der Waals surface area (Å²) < 4.78 is 18.2. The number of halogens is 1. The average Bonchev–Trinajstić information content (AvgIpc) is 2.97. The van der Waals surface area contributed by atoms with Crippen LogP contribution >= 0.6 is 11.8 Å². The quantitative estimate of drug-likeness (QED) is 0.677. The van der Waals surface area contributed by atoms with Crippen molar-refractivity contribution in [3.63, 3.8) is 0 Å². The van der Waals surface area contributed by atoms with Crippen LogP contribution in [0.15, 0.2) is 59.2 Å². The van der Waals surface area contributed by atoms with Gasteiger partial charge in [-0.05, 0) is 47.9 Å². The van der Waals surface area contributed by atoms with Crippen molar-refractivity contribution in [2.75, 3.05) is 13.7 Å². The van der Waals surface area contributed by atoms with Gasteiger partial charge in [-0.1, -0.05) is 43.0 Å². The van der Waals surface area contributed by atoms with Crippen LogP contribution in [-0.2, 0) is 10.5 Å². The fourth-order valence-electron chi connectivity index (χ4n) is 2.65. The molecule has 2 aromatic carbocycles. The van der Waals surface area contributed by atoms with Crippen LogP contribution in [0.2, 0.25) is 0 Å². The minimum Gasteiger partial charge on any atom is -0.497 e. The largest absolute Gasteiger partial charge is 0.497 e. The van der Waals surface area contributed by atoms with Crippen molar-refractivity contribution in [2.24, 2.45) is 4.99 Å². The summed E-state index contributed by atoms with van der Waals surface area (Å²) in [5, 5.41) is 0.686. The number of nitrogens with zero attached hydrogens (tertiary/aromatic N) is 2. The third-order valence-corrected chi connectivity index (χ3v) is 5.11. The molecule has 0 radical (unpaired) electrons. The Kier molecular flexibility index (Phi) is 6.29. The van der Waals surface area contributed by atoms with E-state index in [0.29, 0.717) is 23.2 Å². The molecule has 0 unspecified atom stereocenters. The number of aliphatic imine (C=N–C) groups is 1. The van der Waals surface area contributed by atoms with E-state index in [9.17, 15) is 9.18 Å². The van der Waals surface area contributed by atoms with E-state index in [4.69, 9.17) is 4.74 Å². The zero-order valence-electron chi connectivity index (χ0n) is 15.3. The van der Waals surface area contributed by atoms with Gasteiger partial charge in [-0.3, -0.25) is 9.69 Å². The van der Waals surface area contributed by atoms with E-state index >= 15 is 0 Å². The molecule has 1 amide bonds. The van der Waals surface area contributed by atoms with E-state index in [1.54, 1.807) is 30.2 Å². The average molecular weight is 384 g/mol. The summed E-state index contributed by atoms with van der Waals surface area (Å²) >= 11 is 1.49. The smallest absolute Gasteiger partial charge is 0.278 e. The highest BCUT2D eigenvalue weighted by molar-refractivity contribution is 8.13. The van der Waals surface area contributed by atoms with Crippen molar-refractivity contribution in [1.82, 2.24) is 4.90 Å². The SMILES string of the molecule is CCCN1C(=O)/C(=C/c2ccc(OC)cc2)N=C1SCc1ccc(F)cc1. The number of thioether (sulfide) groups is 1. The maximum atomic E-state index is 13.0. The Morgan fingerprint density at radius 2 is 1.85 bits per heavy atom. The second-order valence-corrected chi connectivity index (χ2v) is 7.01. The molecule has 1 heterocycles. The topological polar surface area (TPSA) is 41.9 Å². The molecule has 0 atom stereocenters. The number of hydrogen-bond acceptors (Lipinski definition) is 4. The van der Waals surface area contributed by atoms with Crippen molar-refractivity contribution in [1.29, 1.82) is 0 Å². The lowest BCUT2D eigenvalue weighted by atomic mass is 10.2. The van der Waals surface area contributed by atoms with Crippen LogP contribution in [0.3, 0.4) is 0 Å². The number of rotatable bonds is 6. The Balaban J connectivity index is 1.78. The van der Waals surface area contributed by atoms with E-state index < -0.39 is 0 Å². The van der Waals surface area contributed by atoms with E-state index in [1.807, 2.05) is 31.2 Å². The molecule has 6 heteroatoms. The van der Waals surface area contributed by atoms with Gasteiger partial charge in [0.25, 0.3) is 5.91 Å². The molecule has 3 rings (SSSR count). The standard InChI is InChI=1S/C21H21FN2O2S/c1-3-12-24-20(25)19(13-15-6-10-18(26-2)11-7-15)23-21(24)27-14-16-4-8-17(22)9-5-16/h4-11,13H,3,12,14H2,1-2H3/b19-13-. The first-order valence-electron chi connectivity index (χ1n) is 8.74. The van der Waals surface area contributed by atoms with Gasteiger partial charge in [0, 0.05) is 12.3 Å². The summed E-state index contributed by atoms with van der Waals surface area (Å²) in [4.78, 5) is 19.0. The summed E-state index contributed by atoms with van der Waals surface area (Å²) in [6.45, 7) is 2.65. The normalized spacial score (nSPS) is 15.4. The maximum Gasteiger partial charge on any atom is 0.278 e. The van der Waals surface area contributed by atoms with Gasteiger partial charge < -0.3 is 4.74 Å². The Labute approximate surface area is 162 Å². The van der Waals surface area contributed by atoms with Gasteiger partial charge in [0.05, 0.1) is 7.11 Å². The van der Waals surface area contributed by atoms with Gasteiger partial charge >= 0.3 is 0 Å². The van der Waals surface area contributed by atoms with E-state index in [1.165, 1.54) is 23.9 Å². The molecule has 0 N–H and O–H groups in total. The first-order valence-corrected chi connectivity index (χ1v) is 9.73. The zero-order valence-corrected chi connectivity index (χ0v) is 16.1. The van der Waals surface area contributed by atoms with Crippen molar-refractivity contribution in [2.45, 2.75) is 19.1 Å². The van der Waals surface area contributed by atoms with Crippen molar-refractivity contribution >= 4 is 28.9 Å². The predicted molar refractivity (Wildman–Crippen MR) is 108 cm³/mol. The lowest BCUT2D eigenvalue weighted by Gasteiger charge is -2.16. The van der Waals surface area contributed by atoms with Gasteiger partial charge in [-0.25, -0.2) is 9.38 Å². The lowest BCUT2D eigenvalue weighted by Crippen LogP contribution is -2.31. The molecular weight excluding hydrogens is 363 g/mol. The highest BCUT2D eigenvalue weighted by Crippen LogP contribution is 2.27. The monoisotopic (exact) mass is 384 g/mol. The molecule has 0 aromatic heterocycles. The number of amidine groups is 1. The molecule has 0 aliphatic carbocycles. The fraction of sp³-hybridized carbons (Fsp3) is 0.238. The van der Waals surface area contributed by atoms with Crippen LogP contribution in [0, 0.1) is 5.82 Å². The number of hydrogen-bond donors (Lipinski definition) is 0. The Bertz CT molecular complexity index is 861. The number of carbonyl (C=O) groups excluding carboxylic acids is 1. The summed E-state index contributed by atoms with van der Waals surface area (Å²) in [7, 11) is 1.62. The number of ether oxygens (including phenoxy) is 1. The molecular formula is C21H21FN2O2S. The molecule has 4 nitrogen and oxygen atoms in total. The van der Waals surface area contributed by atoms with E-state index in [2.05, 4.69) is 4.99 Å². The summed E-state index contributed by atoms with van der Waals surface area (Å²) in [5.74, 6) is 1.05. The Hall–Kier alpha value is -2.60. The molecule has 140 valence electrons. The van der Waals surface area contributed by atoms with Crippen molar-refractivity contribution < 1.29 is 13.9 Å². The maximum absolute atomic E-state index is 13.0. The molecule has 27 heavy (non-hydrogen) atoms. The first kappa shape index (κ1) is 19.2. The second-order valence-electron chi connectivity index (χ2n) is 6.07. The molecule has 1 aliphatic rings. The highest BCUT2D eigenvalue weighted by Gasteiger charge is 2.29. The van der Waals surface area contributed by atoms with Gasteiger partial charge in [0.1, 0.15) is 17.3 Å². The van der Waals surface area contributed by atoms with Gasteiger partial charge in [-0.15, -0.1) is 0 Å². The number of benzene rings is 2. The first-order chi connectivity index (χ1) is 13.1. The Morgan fingerprint density at radius 3 is 2.48 bits per heavy atom. The molecule has 0 bridgehead atoms. The van der Waals surface area contributed by atoms with Crippen molar-refractivity contribution in [3.8, 4) is 5.75 Å². The van der Waals surface area contributed by atoms with Crippen LogP contribution in [0.1, 0.15) is 24.5 Å². The Morgan fingerprint density at radius 1 is 1.15 bits per heavy atom. The lowest BCUT2D eigenvalue weighted by molar-refractivity contribution is -0.122. The highest BCUT2D eigenvalue weighted by atomic mass is 32.2. The molecule has 1 aliphatic heterocycles. The van der Waals surface area contributed by atoms with E-state index in [0.717, 1.165) is 23.3 Å². The minimum absolute atomic E-state index is 0.0886. The van der Waals surface area contributed by atoms with Crippen molar-refractivity contribution in [3.05, 3.63) is 71.2 Å². The number of methoxy groups -OCH3 is 1. The van der Waals surface area contributed by atoms with Crippen LogP contribution in [0.25, 0.3) is 6.08 Å². The second kappa shape index (κ2) is 8.86. The predicted octanol–water partition coefficient (Wildman–Crippen LogP) is 4.72. The van der Waals surface area contributed by atoms with Crippen LogP contribution in [0.4, 0.5) is 4.39 Å². The third kappa shape index (κ3) is 4.77. The molecule has 0 spiro atoms. The number of amides is 1.